The van der Waals surface area contributed by atoms with E-state index in [9.17, 15) is 9.59 Å². The summed E-state index contributed by atoms with van der Waals surface area (Å²) >= 11 is 6.15. The zero-order chi connectivity index (χ0) is 18.8. The number of hydrogen-bond acceptors (Lipinski definition) is 3. The molecular formula is C20H25Cl2N3O2. The highest BCUT2D eigenvalue weighted by molar-refractivity contribution is 6.30. The van der Waals surface area contributed by atoms with Gasteiger partial charge in [-0.1, -0.05) is 30.7 Å². The van der Waals surface area contributed by atoms with E-state index in [0.29, 0.717) is 35.8 Å². The molecule has 2 aromatic rings. The molecule has 2 N–H and O–H groups in total. The molecule has 0 radical (unpaired) electrons. The molecular weight excluding hydrogens is 385 g/mol. The molecule has 146 valence electrons. The van der Waals surface area contributed by atoms with E-state index in [-0.39, 0.29) is 30.1 Å². The average molecular weight is 410 g/mol. The van der Waals surface area contributed by atoms with E-state index in [4.69, 9.17) is 11.6 Å². The highest BCUT2D eigenvalue weighted by atomic mass is 35.5. The summed E-state index contributed by atoms with van der Waals surface area (Å²) in [6.07, 6.45) is 0.633. The normalized spacial score (nSPS) is 16.7. The first-order valence-electron chi connectivity index (χ1n) is 8.93. The van der Waals surface area contributed by atoms with Crippen molar-refractivity contribution in [3.63, 3.8) is 0 Å². The van der Waals surface area contributed by atoms with Crippen molar-refractivity contribution >= 4 is 35.7 Å². The van der Waals surface area contributed by atoms with Gasteiger partial charge >= 0.3 is 0 Å². The second-order valence-electron chi connectivity index (χ2n) is 6.66. The van der Waals surface area contributed by atoms with Crippen LogP contribution in [0.15, 0.2) is 24.3 Å². The lowest BCUT2D eigenvalue weighted by atomic mass is 10.00. The lowest BCUT2D eigenvalue weighted by Crippen LogP contribution is -2.49. The van der Waals surface area contributed by atoms with Crippen molar-refractivity contribution in [3.05, 3.63) is 57.4 Å². The first kappa shape index (κ1) is 21.5. The van der Waals surface area contributed by atoms with Crippen molar-refractivity contribution in [2.75, 3.05) is 19.6 Å². The minimum atomic E-state index is -0.0935. The third-order valence-corrected chi connectivity index (χ3v) is 5.18. The molecule has 1 aliphatic heterocycles. The van der Waals surface area contributed by atoms with Crippen LogP contribution in [-0.4, -0.2) is 41.2 Å². The zero-order valence-corrected chi connectivity index (χ0v) is 17.3. The number of benzene rings is 1. The van der Waals surface area contributed by atoms with Crippen molar-refractivity contribution in [3.8, 4) is 0 Å². The first-order chi connectivity index (χ1) is 12.4. The van der Waals surface area contributed by atoms with Gasteiger partial charge in [-0.25, -0.2) is 0 Å². The van der Waals surface area contributed by atoms with Crippen LogP contribution in [-0.2, 0) is 6.42 Å². The maximum atomic E-state index is 13.4. The molecule has 5 nitrogen and oxygen atoms in total. The van der Waals surface area contributed by atoms with E-state index in [2.05, 4.69) is 10.3 Å². The lowest BCUT2D eigenvalue weighted by molar-refractivity contribution is 0.0627. The molecule has 7 heteroatoms. The van der Waals surface area contributed by atoms with Crippen LogP contribution in [0.5, 0.6) is 0 Å². The molecule has 2 heterocycles. The maximum Gasteiger partial charge on any atom is 0.271 e. The average Bonchev–Trinajstić information content (AvgIpc) is 2.97. The van der Waals surface area contributed by atoms with E-state index >= 15 is 0 Å². The molecule has 1 aromatic carbocycles. The number of rotatable bonds is 4. The number of hydrogen-bond donors (Lipinski definition) is 2. The molecule has 0 aliphatic carbocycles. The van der Waals surface area contributed by atoms with Gasteiger partial charge in [-0.3, -0.25) is 9.59 Å². The summed E-state index contributed by atoms with van der Waals surface area (Å²) in [7, 11) is 0. The number of H-pyrrole nitrogens is 1. The lowest BCUT2D eigenvalue weighted by Gasteiger charge is -2.36. The fourth-order valence-electron chi connectivity index (χ4n) is 3.79. The number of carbonyl (C=O) groups is 2. The van der Waals surface area contributed by atoms with Gasteiger partial charge < -0.3 is 15.2 Å². The van der Waals surface area contributed by atoms with E-state index in [1.807, 2.05) is 43.0 Å². The van der Waals surface area contributed by atoms with Crippen molar-refractivity contribution in [2.45, 2.75) is 33.2 Å². The molecule has 1 atom stereocenters. The second-order valence-corrected chi connectivity index (χ2v) is 7.10. The first-order valence-corrected chi connectivity index (χ1v) is 9.31. The summed E-state index contributed by atoms with van der Waals surface area (Å²) in [5.41, 5.74) is 3.75. The number of piperazine rings is 1. The summed E-state index contributed by atoms with van der Waals surface area (Å²) in [5, 5.41) is 4.01. The Morgan fingerprint density at radius 1 is 1.33 bits per heavy atom. The minimum Gasteiger partial charge on any atom is -0.354 e. The molecule has 1 unspecified atom stereocenters. The van der Waals surface area contributed by atoms with Crippen LogP contribution in [0.3, 0.4) is 0 Å². The summed E-state index contributed by atoms with van der Waals surface area (Å²) in [6.45, 7) is 7.38. The number of nitrogens with zero attached hydrogens (tertiary/aromatic N) is 1. The maximum absolute atomic E-state index is 13.4. The third kappa shape index (κ3) is 4.21. The molecule has 1 saturated heterocycles. The van der Waals surface area contributed by atoms with Gasteiger partial charge in [0.05, 0.1) is 6.04 Å². The molecule has 1 aromatic heterocycles. The molecule has 1 aliphatic rings. The monoisotopic (exact) mass is 409 g/mol. The van der Waals surface area contributed by atoms with E-state index in [1.54, 1.807) is 6.92 Å². The molecule has 0 bridgehead atoms. The number of ketones is 1. The van der Waals surface area contributed by atoms with Gasteiger partial charge in [0.2, 0.25) is 0 Å². The summed E-state index contributed by atoms with van der Waals surface area (Å²) < 4.78 is 0. The van der Waals surface area contributed by atoms with Gasteiger partial charge in [0.1, 0.15) is 5.69 Å². The van der Waals surface area contributed by atoms with Crippen molar-refractivity contribution in [2.24, 2.45) is 0 Å². The van der Waals surface area contributed by atoms with E-state index in [0.717, 1.165) is 23.4 Å². The van der Waals surface area contributed by atoms with Crippen molar-refractivity contribution in [1.82, 2.24) is 15.2 Å². The number of Topliss-reactive ketones (excluding diaryl/α,β-unsaturated/α-hetero) is 1. The van der Waals surface area contributed by atoms with Gasteiger partial charge in [-0.15, -0.1) is 12.4 Å². The highest BCUT2D eigenvalue weighted by Crippen LogP contribution is 2.28. The Morgan fingerprint density at radius 2 is 2.07 bits per heavy atom. The molecule has 27 heavy (non-hydrogen) atoms. The number of aromatic amines is 1. The van der Waals surface area contributed by atoms with E-state index in [1.165, 1.54) is 0 Å². The van der Waals surface area contributed by atoms with E-state index < -0.39 is 0 Å². The van der Waals surface area contributed by atoms with Gasteiger partial charge in [0.25, 0.3) is 5.91 Å². The standard InChI is InChI=1S/C20H24ClN3O2.ClH/c1-4-16-18(13(3)25)12(2)23-19(16)20(26)24-9-8-22-11-17(24)14-6-5-7-15(21)10-14;/h5-7,10,17,22-23H,4,8-9,11H2,1-3H3;1H. The number of nitrogens with one attached hydrogen (secondary N) is 2. The van der Waals surface area contributed by atoms with Crippen LogP contribution in [0.2, 0.25) is 5.02 Å². The van der Waals surface area contributed by atoms with Gasteiger partial charge in [-0.2, -0.15) is 0 Å². The van der Waals surface area contributed by atoms with Crippen molar-refractivity contribution in [1.29, 1.82) is 0 Å². The molecule has 3 rings (SSSR count). The second kappa shape index (κ2) is 8.91. The van der Waals surface area contributed by atoms with Crippen LogP contribution >= 0.6 is 24.0 Å². The Balaban J connectivity index is 0.00000261. The Hall–Kier alpha value is -1.82. The largest absolute Gasteiger partial charge is 0.354 e. The smallest absolute Gasteiger partial charge is 0.271 e. The number of amides is 1. The fraction of sp³-hybridized carbons (Fsp3) is 0.400. The van der Waals surface area contributed by atoms with Crippen LogP contribution < -0.4 is 5.32 Å². The number of aryl methyl sites for hydroxylation is 1. The number of halogens is 2. The highest BCUT2D eigenvalue weighted by Gasteiger charge is 2.32. The number of aromatic nitrogens is 1. The molecule has 1 fully saturated rings. The molecule has 1 amide bonds. The Morgan fingerprint density at radius 3 is 2.70 bits per heavy atom. The summed E-state index contributed by atoms with van der Waals surface area (Å²) in [4.78, 5) is 30.4. The topological polar surface area (TPSA) is 65.2 Å². The zero-order valence-electron chi connectivity index (χ0n) is 15.8. The fourth-order valence-corrected chi connectivity index (χ4v) is 3.99. The SMILES string of the molecule is CCc1c(C(=O)N2CCNCC2c2cccc(Cl)c2)[nH]c(C)c1C(C)=O.Cl. The third-order valence-electron chi connectivity index (χ3n) is 4.95. The van der Waals surface area contributed by atoms with Gasteiger partial charge in [-0.05, 0) is 43.5 Å². The molecule has 0 saturated carbocycles. The van der Waals surface area contributed by atoms with Crippen LogP contribution in [0.25, 0.3) is 0 Å². The quantitative estimate of drug-likeness (QED) is 0.751. The predicted molar refractivity (Wildman–Crippen MR) is 110 cm³/mol. The Bertz CT molecular complexity index is 848. The Kier molecular flexibility index (Phi) is 7.09. The van der Waals surface area contributed by atoms with Gasteiger partial charge in [0.15, 0.2) is 5.78 Å². The molecule has 0 spiro atoms. The van der Waals surface area contributed by atoms with Crippen LogP contribution in [0.1, 0.15) is 57.6 Å². The number of carbonyl (C=O) groups excluding carboxylic acids is 2. The summed E-state index contributed by atoms with van der Waals surface area (Å²) in [6, 6.07) is 7.53. The van der Waals surface area contributed by atoms with Crippen LogP contribution in [0.4, 0.5) is 0 Å². The van der Waals surface area contributed by atoms with Crippen molar-refractivity contribution < 1.29 is 9.59 Å². The van der Waals surface area contributed by atoms with Crippen LogP contribution in [0, 0.1) is 6.92 Å². The predicted octanol–water partition coefficient (Wildman–Crippen LogP) is 3.95. The van der Waals surface area contributed by atoms with Gasteiger partial charge in [0, 0.05) is 35.9 Å². The minimum absolute atomic E-state index is 0. The summed E-state index contributed by atoms with van der Waals surface area (Å²) in [5.74, 6) is -0.0784. The Labute approximate surface area is 170 Å².